The minimum absolute atomic E-state index is 0.135. The summed E-state index contributed by atoms with van der Waals surface area (Å²) >= 11 is 0. The maximum Gasteiger partial charge on any atom is 0.417 e. The molecule has 1 aromatic rings. The van der Waals surface area contributed by atoms with Gasteiger partial charge in [-0.2, -0.15) is 0 Å². The van der Waals surface area contributed by atoms with E-state index < -0.39 is 23.1 Å². The Morgan fingerprint density at radius 1 is 1.25 bits per heavy atom. The monoisotopic (exact) mass is 331 g/mol. The van der Waals surface area contributed by atoms with Crippen LogP contribution in [0, 0.1) is 11.3 Å². The van der Waals surface area contributed by atoms with Crippen molar-refractivity contribution in [1.82, 2.24) is 4.90 Å². The molecule has 2 fully saturated rings. The van der Waals surface area contributed by atoms with E-state index in [1.54, 1.807) is 45.0 Å². The molecule has 6 heteroatoms. The van der Waals surface area contributed by atoms with Crippen molar-refractivity contribution in [2.24, 2.45) is 11.3 Å². The smallest absolute Gasteiger partial charge is 0.417 e. The van der Waals surface area contributed by atoms with Crippen molar-refractivity contribution >= 4 is 18.0 Å². The third-order valence-corrected chi connectivity index (χ3v) is 4.34. The van der Waals surface area contributed by atoms with Crippen molar-refractivity contribution in [2.75, 3.05) is 13.2 Å². The maximum absolute atomic E-state index is 12.3. The van der Waals surface area contributed by atoms with E-state index in [9.17, 15) is 14.4 Å². The maximum atomic E-state index is 12.3. The molecular formula is C18H21NO5. The second kappa shape index (κ2) is 5.61. The number of imide groups is 1. The van der Waals surface area contributed by atoms with E-state index >= 15 is 0 Å². The highest BCUT2D eigenvalue weighted by molar-refractivity contribution is 5.98. The van der Waals surface area contributed by atoms with Crippen LogP contribution in [0.5, 0.6) is 0 Å². The number of benzene rings is 1. The predicted molar refractivity (Wildman–Crippen MR) is 85.2 cm³/mol. The average molecular weight is 331 g/mol. The summed E-state index contributed by atoms with van der Waals surface area (Å²) in [5.74, 6) is -0.910. The van der Waals surface area contributed by atoms with Gasteiger partial charge in [0.05, 0.1) is 18.1 Å². The van der Waals surface area contributed by atoms with Gasteiger partial charge >= 0.3 is 12.1 Å². The lowest BCUT2D eigenvalue weighted by Gasteiger charge is -2.25. The fourth-order valence-corrected chi connectivity index (χ4v) is 3.00. The molecule has 2 atom stereocenters. The number of amides is 2. The molecule has 3 rings (SSSR count). The molecular weight excluding hydrogens is 310 g/mol. The lowest BCUT2D eigenvalue weighted by atomic mass is 10.1. The summed E-state index contributed by atoms with van der Waals surface area (Å²) in [5.41, 5.74) is -0.630. The second-order valence-electron chi connectivity index (χ2n) is 7.47. The van der Waals surface area contributed by atoms with Gasteiger partial charge in [-0.05, 0) is 39.3 Å². The standard InChI is InChI=1S/C18H21NO5/c1-17(2,3)24-16(22)19-10-18(9-13(18)14(19)20)11-23-15(21)12-7-5-4-6-8-12/h4-8,13H,9-11H2,1-3H3/t13-,18+/m1/s1. The van der Waals surface area contributed by atoms with Gasteiger partial charge in [0.2, 0.25) is 5.91 Å². The number of piperidine rings is 1. The fraction of sp³-hybridized carbons (Fsp3) is 0.500. The van der Waals surface area contributed by atoms with Gasteiger partial charge in [0.15, 0.2) is 0 Å². The zero-order valence-corrected chi connectivity index (χ0v) is 14.1. The van der Waals surface area contributed by atoms with Crippen molar-refractivity contribution in [3.05, 3.63) is 35.9 Å². The van der Waals surface area contributed by atoms with Gasteiger partial charge in [-0.15, -0.1) is 0 Å². The molecule has 0 N–H and O–H groups in total. The van der Waals surface area contributed by atoms with Crippen LogP contribution in [0.4, 0.5) is 4.79 Å². The van der Waals surface area contributed by atoms with Crippen molar-refractivity contribution < 1.29 is 23.9 Å². The lowest BCUT2D eigenvalue weighted by molar-refractivity contribution is -0.129. The quantitative estimate of drug-likeness (QED) is 0.796. The summed E-state index contributed by atoms with van der Waals surface area (Å²) in [4.78, 5) is 37.6. The summed E-state index contributed by atoms with van der Waals surface area (Å²) in [6.45, 7) is 5.64. The Hall–Kier alpha value is -2.37. The Morgan fingerprint density at radius 3 is 2.54 bits per heavy atom. The predicted octanol–water partition coefficient (Wildman–Crippen LogP) is 2.63. The van der Waals surface area contributed by atoms with Crippen molar-refractivity contribution in [1.29, 1.82) is 0 Å². The zero-order chi connectivity index (χ0) is 17.5. The Bertz CT molecular complexity index is 678. The number of likely N-dealkylation sites (tertiary alicyclic amines) is 1. The highest BCUT2D eigenvalue weighted by atomic mass is 16.6. The van der Waals surface area contributed by atoms with E-state index in [0.29, 0.717) is 12.0 Å². The summed E-state index contributed by atoms with van der Waals surface area (Å²) in [5, 5.41) is 0. The second-order valence-corrected chi connectivity index (χ2v) is 7.47. The molecule has 1 saturated carbocycles. The zero-order valence-electron chi connectivity index (χ0n) is 14.1. The number of ether oxygens (including phenoxy) is 2. The first-order valence-corrected chi connectivity index (χ1v) is 7.98. The van der Waals surface area contributed by atoms with Gasteiger partial charge < -0.3 is 9.47 Å². The molecule has 0 unspecified atom stereocenters. The minimum atomic E-state index is -0.656. The van der Waals surface area contributed by atoms with E-state index in [2.05, 4.69) is 0 Å². The number of nitrogens with zero attached hydrogens (tertiary/aromatic N) is 1. The van der Waals surface area contributed by atoms with Crippen molar-refractivity contribution in [3.8, 4) is 0 Å². The van der Waals surface area contributed by atoms with E-state index in [-0.39, 0.29) is 25.0 Å². The molecule has 1 aliphatic heterocycles. The largest absolute Gasteiger partial charge is 0.461 e. The Morgan fingerprint density at radius 2 is 1.92 bits per heavy atom. The van der Waals surface area contributed by atoms with E-state index in [0.717, 1.165) is 4.90 Å². The highest BCUT2D eigenvalue weighted by Gasteiger charge is 2.67. The highest BCUT2D eigenvalue weighted by Crippen LogP contribution is 2.58. The molecule has 128 valence electrons. The first-order valence-electron chi connectivity index (χ1n) is 7.98. The van der Waals surface area contributed by atoms with Crippen LogP contribution in [0.2, 0.25) is 0 Å². The first-order chi connectivity index (χ1) is 11.2. The molecule has 2 aliphatic rings. The Kier molecular flexibility index (Phi) is 3.86. The molecule has 1 heterocycles. The van der Waals surface area contributed by atoms with Gasteiger partial charge in [0.1, 0.15) is 5.60 Å². The summed E-state index contributed by atoms with van der Waals surface area (Å²) < 4.78 is 10.6. The Balaban J connectivity index is 1.60. The third-order valence-electron chi connectivity index (χ3n) is 4.34. The summed E-state index contributed by atoms with van der Waals surface area (Å²) in [7, 11) is 0. The van der Waals surface area contributed by atoms with Gasteiger partial charge in [-0.3, -0.25) is 4.79 Å². The fourth-order valence-electron chi connectivity index (χ4n) is 3.00. The molecule has 6 nitrogen and oxygen atoms in total. The number of carbonyl (C=O) groups excluding carboxylic acids is 3. The van der Waals surface area contributed by atoms with Crippen LogP contribution in [0.1, 0.15) is 37.6 Å². The summed E-state index contributed by atoms with van der Waals surface area (Å²) in [6, 6.07) is 8.70. The SMILES string of the molecule is CC(C)(C)OC(=O)N1C[C@]2(COC(=O)c3ccccc3)C[C@@H]2C1=O. The van der Waals surface area contributed by atoms with E-state index in [1.807, 2.05) is 6.07 Å². The molecule has 1 aromatic carbocycles. The first kappa shape index (κ1) is 16.5. The summed E-state index contributed by atoms with van der Waals surface area (Å²) in [6.07, 6.45) is 0.0150. The number of fused-ring (bicyclic) bond motifs is 1. The molecule has 24 heavy (non-hydrogen) atoms. The number of esters is 1. The minimum Gasteiger partial charge on any atom is -0.461 e. The van der Waals surface area contributed by atoms with Gasteiger partial charge in [-0.1, -0.05) is 18.2 Å². The molecule has 0 radical (unpaired) electrons. The van der Waals surface area contributed by atoms with Crippen LogP contribution in [0.3, 0.4) is 0 Å². The van der Waals surface area contributed by atoms with E-state index in [4.69, 9.17) is 9.47 Å². The van der Waals surface area contributed by atoms with Gasteiger partial charge in [0.25, 0.3) is 0 Å². The molecule has 0 bridgehead atoms. The van der Waals surface area contributed by atoms with Crippen LogP contribution in [-0.2, 0) is 14.3 Å². The molecule has 0 spiro atoms. The van der Waals surface area contributed by atoms with Crippen molar-refractivity contribution in [3.63, 3.8) is 0 Å². The van der Waals surface area contributed by atoms with Crippen LogP contribution in [-0.4, -0.2) is 41.6 Å². The molecule has 2 amide bonds. The van der Waals surface area contributed by atoms with E-state index in [1.165, 1.54) is 0 Å². The van der Waals surface area contributed by atoms with Crippen LogP contribution >= 0.6 is 0 Å². The Labute approximate surface area is 140 Å². The number of hydrogen-bond donors (Lipinski definition) is 0. The third kappa shape index (κ3) is 3.13. The molecule has 1 aliphatic carbocycles. The normalized spacial score (nSPS) is 25.2. The van der Waals surface area contributed by atoms with Crippen molar-refractivity contribution in [2.45, 2.75) is 32.8 Å². The molecule has 1 saturated heterocycles. The topological polar surface area (TPSA) is 72.9 Å². The number of rotatable bonds is 3. The number of carbonyl (C=O) groups is 3. The van der Waals surface area contributed by atoms with Crippen LogP contribution in [0.15, 0.2) is 30.3 Å². The lowest BCUT2D eigenvalue weighted by Crippen LogP contribution is -2.40. The van der Waals surface area contributed by atoms with Gasteiger partial charge in [0, 0.05) is 12.0 Å². The average Bonchev–Trinajstić information content (AvgIpc) is 3.17. The van der Waals surface area contributed by atoms with Crippen LogP contribution in [0.25, 0.3) is 0 Å². The molecule has 0 aromatic heterocycles. The van der Waals surface area contributed by atoms with Crippen LogP contribution < -0.4 is 0 Å². The number of hydrogen-bond acceptors (Lipinski definition) is 5. The van der Waals surface area contributed by atoms with Gasteiger partial charge in [-0.25, -0.2) is 14.5 Å².